The zero-order chi connectivity index (χ0) is 14.0. The van der Waals surface area contributed by atoms with Crippen LogP contribution in [0.25, 0.3) is 5.69 Å². The number of benzene rings is 1. The highest BCUT2D eigenvalue weighted by atomic mass is 79.9. The summed E-state index contributed by atoms with van der Waals surface area (Å²) >= 11 is 3.50. The second kappa shape index (κ2) is 5.78. The molecule has 0 aliphatic rings. The van der Waals surface area contributed by atoms with Gasteiger partial charge in [0.2, 0.25) is 5.95 Å². The molecule has 1 aromatic heterocycles. The van der Waals surface area contributed by atoms with Crippen molar-refractivity contribution < 1.29 is 0 Å². The molecule has 0 fully saturated rings. The van der Waals surface area contributed by atoms with E-state index in [1.807, 2.05) is 6.92 Å². The highest BCUT2D eigenvalue weighted by molar-refractivity contribution is 9.10. The molecule has 1 aromatic carbocycles. The molecular weight excluding hydrogens is 302 g/mol. The molecule has 0 aliphatic carbocycles. The predicted molar refractivity (Wildman–Crippen MR) is 84.1 cm³/mol. The minimum absolute atomic E-state index is 0.594. The van der Waals surface area contributed by atoms with E-state index in [2.05, 4.69) is 76.0 Å². The van der Waals surface area contributed by atoms with Crippen LogP contribution < -0.4 is 5.32 Å². The predicted octanol–water partition coefficient (Wildman–Crippen LogP) is 4.32. The quantitative estimate of drug-likeness (QED) is 0.908. The standard InChI is InChI=1S/C15H20BrN3/c1-10(2)8-17-15-18-12(4)9-19(15)14-6-5-13(16)7-11(14)3/h5-7,9-10H,8H2,1-4H3,(H,17,18). The van der Waals surface area contributed by atoms with Crippen LogP contribution >= 0.6 is 15.9 Å². The summed E-state index contributed by atoms with van der Waals surface area (Å²) in [6.45, 7) is 9.44. The van der Waals surface area contributed by atoms with Gasteiger partial charge in [-0.25, -0.2) is 4.98 Å². The van der Waals surface area contributed by atoms with Crippen molar-refractivity contribution in [2.75, 3.05) is 11.9 Å². The first kappa shape index (κ1) is 14.1. The first-order valence-electron chi connectivity index (χ1n) is 6.53. The van der Waals surface area contributed by atoms with Gasteiger partial charge in [0.1, 0.15) is 0 Å². The number of imidazole rings is 1. The Kier molecular flexibility index (Phi) is 4.30. The molecule has 0 amide bonds. The van der Waals surface area contributed by atoms with Crippen LogP contribution in [0, 0.1) is 19.8 Å². The average molecular weight is 322 g/mol. The van der Waals surface area contributed by atoms with Crippen LogP contribution in [-0.2, 0) is 0 Å². The molecule has 0 saturated carbocycles. The summed E-state index contributed by atoms with van der Waals surface area (Å²) in [5, 5.41) is 3.41. The molecule has 4 heteroatoms. The SMILES string of the molecule is Cc1cn(-c2ccc(Br)cc2C)c(NCC(C)C)n1. The van der Waals surface area contributed by atoms with Gasteiger partial charge in [0.25, 0.3) is 0 Å². The number of anilines is 1. The van der Waals surface area contributed by atoms with Crippen molar-refractivity contribution in [3.8, 4) is 5.69 Å². The summed E-state index contributed by atoms with van der Waals surface area (Å²) in [6, 6.07) is 6.29. The number of hydrogen-bond donors (Lipinski definition) is 1. The number of halogens is 1. The van der Waals surface area contributed by atoms with Crippen molar-refractivity contribution >= 4 is 21.9 Å². The normalized spacial score (nSPS) is 11.1. The number of rotatable bonds is 4. The van der Waals surface area contributed by atoms with E-state index in [4.69, 9.17) is 0 Å². The Labute approximate surface area is 123 Å². The second-order valence-electron chi connectivity index (χ2n) is 5.28. The Hall–Kier alpha value is -1.29. The Balaban J connectivity index is 2.38. The zero-order valence-corrected chi connectivity index (χ0v) is 13.5. The van der Waals surface area contributed by atoms with Crippen LogP contribution in [0.2, 0.25) is 0 Å². The molecule has 0 radical (unpaired) electrons. The Morgan fingerprint density at radius 2 is 2.05 bits per heavy atom. The number of aryl methyl sites for hydroxylation is 2. The van der Waals surface area contributed by atoms with E-state index in [-0.39, 0.29) is 0 Å². The molecule has 0 bridgehead atoms. The fourth-order valence-electron chi connectivity index (χ4n) is 1.99. The van der Waals surface area contributed by atoms with Crippen LogP contribution in [0.3, 0.4) is 0 Å². The summed E-state index contributed by atoms with van der Waals surface area (Å²) < 4.78 is 3.22. The maximum absolute atomic E-state index is 4.56. The highest BCUT2D eigenvalue weighted by Crippen LogP contribution is 2.23. The van der Waals surface area contributed by atoms with Crippen molar-refractivity contribution in [2.24, 2.45) is 5.92 Å². The van der Waals surface area contributed by atoms with E-state index in [0.717, 1.165) is 28.3 Å². The van der Waals surface area contributed by atoms with Crippen molar-refractivity contribution in [3.63, 3.8) is 0 Å². The monoisotopic (exact) mass is 321 g/mol. The van der Waals surface area contributed by atoms with E-state index >= 15 is 0 Å². The maximum atomic E-state index is 4.56. The number of aromatic nitrogens is 2. The fraction of sp³-hybridized carbons (Fsp3) is 0.400. The van der Waals surface area contributed by atoms with Gasteiger partial charge in [0.05, 0.1) is 11.4 Å². The van der Waals surface area contributed by atoms with Crippen molar-refractivity contribution in [1.82, 2.24) is 9.55 Å². The van der Waals surface area contributed by atoms with Crippen LogP contribution in [0.4, 0.5) is 5.95 Å². The van der Waals surface area contributed by atoms with Gasteiger partial charge >= 0.3 is 0 Å². The summed E-state index contributed by atoms with van der Waals surface area (Å²) in [7, 11) is 0. The smallest absolute Gasteiger partial charge is 0.207 e. The third kappa shape index (κ3) is 3.38. The minimum atomic E-state index is 0.594. The van der Waals surface area contributed by atoms with Gasteiger partial charge in [-0.3, -0.25) is 4.57 Å². The summed E-state index contributed by atoms with van der Waals surface area (Å²) in [5.41, 5.74) is 3.41. The molecule has 0 unspecified atom stereocenters. The lowest BCUT2D eigenvalue weighted by Gasteiger charge is -2.13. The Bertz CT molecular complexity index is 573. The lowest BCUT2D eigenvalue weighted by molar-refractivity contribution is 0.683. The molecule has 0 aliphatic heterocycles. The van der Waals surface area contributed by atoms with Gasteiger partial charge in [0, 0.05) is 17.2 Å². The molecule has 0 spiro atoms. The fourth-order valence-corrected chi connectivity index (χ4v) is 2.47. The topological polar surface area (TPSA) is 29.9 Å². The average Bonchev–Trinajstić information content (AvgIpc) is 2.67. The highest BCUT2D eigenvalue weighted by Gasteiger charge is 2.10. The molecule has 1 heterocycles. The van der Waals surface area contributed by atoms with Gasteiger partial charge in [-0.15, -0.1) is 0 Å². The van der Waals surface area contributed by atoms with E-state index in [0.29, 0.717) is 5.92 Å². The van der Waals surface area contributed by atoms with Gasteiger partial charge < -0.3 is 5.32 Å². The largest absolute Gasteiger partial charge is 0.355 e. The molecule has 3 nitrogen and oxygen atoms in total. The molecule has 19 heavy (non-hydrogen) atoms. The summed E-state index contributed by atoms with van der Waals surface area (Å²) in [4.78, 5) is 4.56. The van der Waals surface area contributed by atoms with Crippen molar-refractivity contribution in [2.45, 2.75) is 27.7 Å². The third-order valence-corrected chi connectivity index (χ3v) is 3.41. The van der Waals surface area contributed by atoms with Crippen LogP contribution in [-0.4, -0.2) is 16.1 Å². The summed E-state index contributed by atoms with van der Waals surface area (Å²) in [6.07, 6.45) is 2.07. The zero-order valence-electron chi connectivity index (χ0n) is 11.9. The first-order chi connectivity index (χ1) is 8.97. The van der Waals surface area contributed by atoms with Crippen molar-refractivity contribution in [3.05, 3.63) is 40.1 Å². The molecule has 1 N–H and O–H groups in total. The molecule has 0 saturated heterocycles. The second-order valence-corrected chi connectivity index (χ2v) is 6.20. The van der Waals surface area contributed by atoms with E-state index < -0.39 is 0 Å². The Morgan fingerprint density at radius 1 is 1.32 bits per heavy atom. The van der Waals surface area contributed by atoms with Crippen LogP contribution in [0.1, 0.15) is 25.1 Å². The van der Waals surface area contributed by atoms with Gasteiger partial charge in [-0.2, -0.15) is 0 Å². The number of nitrogens with zero attached hydrogens (tertiary/aromatic N) is 2. The minimum Gasteiger partial charge on any atom is -0.355 e. The van der Waals surface area contributed by atoms with E-state index in [1.165, 1.54) is 5.56 Å². The lowest BCUT2D eigenvalue weighted by Crippen LogP contribution is -2.12. The number of nitrogens with one attached hydrogen (secondary N) is 1. The molecule has 2 aromatic rings. The number of hydrogen-bond acceptors (Lipinski definition) is 2. The molecule has 102 valence electrons. The summed E-state index contributed by atoms with van der Waals surface area (Å²) in [5.74, 6) is 1.51. The van der Waals surface area contributed by atoms with Crippen LogP contribution in [0.5, 0.6) is 0 Å². The van der Waals surface area contributed by atoms with Gasteiger partial charge in [0.15, 0.2) is 0 Å². The Morgan fingerprint density at radius 3 is 2.68 bits per heavy atom. The molecular formula is C15H20BrN3. The van der Waals surface area contributed by atoms with E-state index in [1.54, 1.807) is 0 Å². The van der Waals surface area contributed by atoms with Gasteiger partial charge in [-0.1, -0.05) is 29.8 Å². The van der Waals surface area contributed by atoms with E-state index in [9.17, 15) is 0 Å². The molecule has 0 atom stereocenters. The molecule has 2 rings (SSSR count). The first-order valence-corrected chi connectivity index (χ1v) is 7.33. The van der Waals surface area contributed by atoms with Crippen molar-refractivity contribution in [1.29, 1.82) is 0 Å². The lowest BCUT2D eigenvalue weighted by atomic mass is 10.2. The van der Waals surface area contributed by atoms with Crippen LogP contribution in [0.15, 0.2) is 28.9 Å². The third-order valence-electron chi connectivity index (χ3n) is 2.91. The maximum Gasteiger partial charge on any atom is 0.207 e. The van der Waals surface area contributed by atoms with Gasteiger partial charge in [-0.05, 0) is 43.5 Å².